The van der Waals surface area contributed by atoms with Gasteiger partial charge in [-0.3, -0.25) is 0 Å². The highest BCUT2D eigenvalue weighted by atomic mass is 32.1. The summed E-state index contributed by atoms with van der Waals surface area (Å²) in [6, 6.07) is 52.6. The molecule has 0 saturated heterocycles. The van der Waals surface area contributed by atoms with Crippen LogP contribution >= 0.6 is 11.3 Å². The van der Waals surface area contributed by atoms with Crippen molar-refractivity contribution in [3.63, 3.8) is 0 Å². The quantitative estimate of drug-likeness (QED) is 0.194. The molecule has 0 aliphatic heterocycles. The molecule has 0 radical (unpaired) electrons. The third kappa shape index (κ3) is 4.25. The van der Waals surface area contributed by atoms with E-state index in [2.05, 4.69) is 78.9 Å². The smallest absolute Gasteiger partial charge is 0.164 e. The zero-order valence-electron chi connectivity index (χ0n) is 25.6. The zero-order chi connectivity index (χ0) is 31.6. The van der Waals surface area contributed by atoms with E-state index in [9.17, 15) is 0 Å². The summed E-state index contributed by atoms with van der Waals surface area (Å²) in [4.78, 5) is 15.0. The van der Waals surface area contributed by atoms with Crippen molar-refractivity contribution in [3.8, 4) is 45.3 Å². The highest BCUT2D eigenvalue weighted by molar-refractivity contribution is 7.26. The molecule has 0 spiro atoms. The number of furan rings is 1. The Bertz CT molecular complexity index is 2780. The van der Waals surface area contributed by atoms with Crippen LogP contribution in [0.2, 0.25) is 0 Å². The van der Waals surface area contributed by atoms with Crippen molar-refractivity contribution in [1.29, 1.82) is 0 Å². The summed E-state index contributed by atoms with van der Waals surface area (Å²) >= 11 is 1.86. The summed E-state index contributed by atoms with van der Waals surface area (Å²) in [6.07, 6.45) is 0. The molecular formula is C43H25N3OS. The van der Waals surface area contributed by atoms with Gasteiger partial charge < -0.3 is 4.42 Å². The lowest BCUT2D eigenvalue weighted by molar-refractivity contribution is 0.670. The minimum atomic E-state index is 0.610. The maximum absolute atomic E-state index is 6.71. The maximum atomic E-state index is 6.71. The van der Waals surface area contributed by atoms with Crippen molar-refractivity contribution in [2.24, 2.45) is 0 Å². The van der Waals surface area contributed by atoms with Gasteiger partial charge in [0.15, 0.2) is 17.5 Å². The van der Waals surface area contributed by atoms with Crippen LogP contribution in [0.4, 0.5) is 0 Å². The molecule has 10 aromatic rings. The lowest BCUT2D eigenvalue weighted by Gasteiger charge is -2.09. The Morgan fingerprint density at radius 3 is 1.88 bits per heavy atom. The van der Waals surface area contributed by atoms with E-state index in [0.717, 1.165) is 49.8 Å². The summed E-state index contributed by atoms with van der Waals surface area (Å²) in [5.41, 5.74) is 6.61. The van der Waals surface area contributed by atoms with Crippen LogP contribution in [0.25, 0.3) is 98.2 Å². The number of hydrogen-bond acceptors (Lipinski definition) is 5. The molecule has 0 fully saturated rings. The van der Waals surface area contributed by atoms with Gasteiger partial charge in [-0.05, 0) is 29.1 Å². The van der Waals surface area contributed by atoms with Crippen LogP contribution in [0.15, 0.2) is 156 Å². The molecule has 0 unspecified atom stereocenters. The zero-order valence-corrected chi connectivity index (χ0v) is 26.4. The molecule has 0 N–H and O–H groups in total. The topological polar surface area (TPSA) is 51.8 Å². The first-order valence-electron chi connectivity index (χ1n) is 15.9. The molecule has 0 amide bonds. The van der Waals surface area contributed by atoms with E-state index in [0.29, 0.717) is 17.5 Å². The second-order valence-electron chi connectivity index (χ2n) is 12.0. The maximum Gasteiger partial charge on any atom is 0.164 e. The molecule has 0 aliphatic carbocycles. The lowest BCUT2D eigenvalue weighted by Crippen LogP contribution is -2.00. The molecule has 48 heavy (non-hydrogen) atoms. The molecule has 224 valence electrons. The molecule has 0 saturated carbocycles. The highest BCUT2D eigenvalue weighted by Crippen LogP contribution is 2.43. The summed E-state index contributed by atoms with van der Waals surface area (Å²) in [5.74, 6) is 1.88. The highest BCUT2D eigenvalue weighted by Gasteiger charge is 2.20. The Balaban J connectivity index is 1.19. The molecule has 0 aliphatic rings. The Morgan fingerprint density at radius 2 is 1.08 bits per heavy atom. The standard InChI is InChI=1S/C43H25N3OS/c1-3-11-27(12-4-1)41-44-42(28-13-5-2-6-14-28)46-43(45-41)34-18-10-19-36-38(34)33-17-9-16-30(39(33)47-36)29-22-21-26-23-24-32-31-15-7-8-20-37(31)48-40(32)35(26)25-29/h1-25H. The van der Waals surface area contributed by atoms with E-state index >= 15 is 0 Å². The van der Waals surface area contributed by atoms with E-state index in [4.69, 9.17) is 19.4 Å². The summed E-state index contributed by atoms with van der Waals surface area (Å²) in [5, 5.41) is 7.12. The predicted octanol–water partition coefficient (Wildman–Crippen LogP) is 12.0. The van der Waals surface area contributed by atoms with Crippen molar-refractivity contribution in [3.05, 3.63) is 152 Å². The van der Waals surface area contributed by atoms with Gasteiger partial charge >= 0.3 is 0 Å². The first kappa shape index (κ1) is 27.0. The number of thiophene rings is 1. The second-order valence-corrected chi connectivity index (χ2v) is 13.0. The average molecular weight is 632 g/mol. The fraction of sp³-hybridized carbons (Fsp3) is 0. The molecule has 3 aromatic heterocycles. The number of benzene rings is 7. The van der Waals surface area contributed by atoms with E-state index in [1.54, 1.807) is 0 Å². The van der Waals surface area contributed by atoms with Crippen LogP contribution < -0.4 is 0 Å². The van der Waals surface area contributed by atoms with Crippen LogP contribution in [0.3, 0.4) is 0 Å². The van der Waals surface area contributed by atoms with Gasteiger partial charge in [0.25, 0.3) is 0 Å². The van der Waals surface area contributed by atoms with Gasteiger partial charge in [-0.25, -0.2) is 15.0 Å². The van der Waals surface area contributed by atoms with E-state index in [1.807, 2.05) is 84.1 Å². The minimum Gasteiger partial charge on any atom is -0.455 e. The fourth-order valence-electron chi connectivity index (χ4n) is 6.86. The summed E-state index contributed by atoms with van der Waals surface area (Å²) < 4.78 is 9.33. The monoisotopic (exact) mass is 631 g/mol. The molecular weight excluding hydrogens is 607 g/mol. The van der Waals surface area contributed by atoms with Crippen molar-refractivity contribution in [1.82, 2.24) is 15.0 Å². The van der Waals surface area contributed by atoms with Gasteiger partial charge in [0.05, 0.1) is 0 Å². The number of aromatic nitrogens is 3. The normalized spacial score (nSPS) is 11.8. The Labute approximate surface area is 279 Å². The molecule has 3 heterocycles. The molecule has 0 atom stereocenters. The van der Waals surface area contributed by atoms with Crippen LogP contribution in [0.5, 0.6) is 0 Å². The lowest BCUT2D eigenvalue weighted by atomic mass is 9.97. The van der Waals surface area contributed by atoms with E-state index in [-0.39, 0.29) is 0 Å². The fourth-order valence-corrected chi connectivity index (χ4v) is 8.09. The molecule has 5 heteroatoms. The van der Waals surface area contributed by atoms with Crippen molar-refractivity contribution < 1.29 is 4.42 Å². The van der Waals surface area contributed by atoms with Gasteiger partial charge in [-0.1, -0.05) is 133 Å². The molecule has 4 nitrogen and oxygen atoms in total. The van der Waals surface area contributed by atoms with Crippen molar-refractivity contribution >= 4 is 64.2 Å². The SMILES string of the molecule is c1ccc(-c2nc(-c3ccccc3)nc(-c3cccc4oc5c(-c6ccc7ccc8c9ccccc9sc8c7c6)cccc5c34)n2)cc1. The Morgan fingerprint density at radius 1 is 0.438 bits per heavy atom. The summed E-state index contributed by atoms with van der Waals surface area (Å²) in [6.45, 7) is 0. The van der Waals surface area contributed by atoms with Crippen LogP contribution in [0.1, 0.15) is 0 Å². The van der Waals surface area contributed by atoms with Gasteiger partial charge in [-0.15, -0.1) is 11.3 Å². The third-order valence-electron chi connectivity index (χ3n) is 9.14. The van der Waals surface area contributed by atoms with Crippen molar-refractivity contribution in [2.75, 3.05) is 0 Å². The molecule has 10 rings (SSSR count). The molecule has 7 aromatic carbocycles. The Kier molecular flexibility index (Phi) is 6.01. The van der Waals surface area contributed by atoms with Crippen LogP contribution in [-0.4, -0.2) is 15.0 Å². The number of nitrogens with zero attached hydrogens (tertiary/aromatic N) is 3. The van der Waals surface area contributed by atoms with Crippen LogP contribution in [-0.2, 0) is 0 Å². The number of rotatable bonds is 4. The number of hydrogen-bond donors (Lipinski definition) is 0. The first-order chi connectivity index (χ1) is 23.8. The minimum absolute atomic E-state index is 0.610. The van der Waals surface area contributed by atoms with Crippen molar-refractivity contribution in [2.45, 2.75) is 0 Å². The van der Waals surface area contributed by atoms with Gasteiger partial charge in [0.2, 0.25) is 0 Å². The Hall–Kier alpha value is -6.17. The summed E-state index contributed by atoms with van der Waals surface area (Å²) in [7, 11) is 0. The largest absolute Gasteiger partial charge is 0.455 e. The van der Waals surface area contributed by atoms with E-state index in [1.165, 1.54) is 30.9 Å². The van der Waals surface area contributed by atoms with Crippen LogP contribution in [0, 0.1) is 0 Å². The average Bonchev–Trinajstić information content (AvgIpc) is 3.74. The number of para-hydroxylation sites is 1. The second kappa shape index (κ2) is 10.7. The first-order valence-corrected chi connectivity index (χ1v) is 16.8. The van der Waals surface area contributed by atoms with Gasteiger partial charge in [0.1, 0.15) is 11.2 Å². The van der Waals surface area contributed by atoms with Gasteiger partial charge in [-0.2, -0.15) is 0 Å². The predicted molar refractivity (Wildman–Crippen MR) is 199 cm³/mol. The molecule has 0 bridgehead atoms. The third-order valence-corrected chi connectivity index (χ3v) is 10.4. The number of fused-ring (bicyclic) bond motifs is 8. The van der Waals surface area contributed by atoms with E-state index < -0.39 is 0 Å². The van der Waals surface area contributed by atoms with Gasteiger partial charge in [0, 0.05) is 58.6 Å².